The second-order valence-corrected chi connectivity index (χ2v) is 18.4. The SMILES string of the molecule is CC(C)(C)C1=C/C(=C(\c2ccc(C#Cc3ccccc3)cc2)c2cc(C(C)(C)C)c3ccc(C(C)(C)C)ccc2-3)c2cc[c+](C(C)(C)C)ccc21. The zero-order valence-electron chi connectivity index (χ0n) is 33.0. The van der Waals surface area contributed by atoms with Crippen LogP contribution in [-0.2, 0) is 16.2 Å². The second-order valence-electron chi connectivity index (χ2n) is 18.4. The summed E-state index contributed by atoms with van der Waals surface area (Å²) < 4.78 is 0. The van der Waals surface area contributed by atoms with E-state index < -0.39 is 0 Å². The summed E-state index contributed by atoms with van der Waals surface area (Å²) >= 11 is 0. The van der Waals surface area contributed by atoms with Gasteiger partial charge in [-0.1, -0.05) is 129 Å². The van der Waals surface area contributed by atoms with Crippen LogP contribution in [0.5, 0.6) is 0 Å². The standard InChI is InChI=1S/C51H55/c1-48(2,3)37-24-28-39-41(30-26-37)45(50(7,8)9)32-43(39)47(36-22-20-35(21-23-36)19-18-34-16-14-13-15-17-34)44-33-46(51(10,11)12)42-31-27-38(49(4,5)6)25-29-40(42)44/h13-17,20-33H,1-12H3/q+1/b47-43-. The van der Waals surface area contributed by atoms with Crippen molar-refractivity contribution >= 4 is 16.7 Å². The van der Waals surface area contributed by atoms with Gasteiger partial charge in [0.05, 0.1) is 28.8 Å². The van der Waals surface area contributed by atoms with Gasteiger partial charge in [0.25, 0.3) is 0 Å². The third kappa shape index (κ3) is 7.51. The first kappa shape index (κ1) is 36.1. The average molecular weight is 668 g/mol. The van der Waals surface area contributed by atoms with E-state index in [4.69, 9.17) is 0 Å². The Balaban J connectivity index is 1.70. The number of hydrogen-bond acceptors (Lipinski definition) is 0. The first-order valence-corrected chi connectivity index (χ1v) is 18.5. The molecule has 0 heteroatoms. The highest BCUT2D eigenvalue weighted by Gasteiger charge is 2.34. The Hall–Kier alpha value is -4.73. The van der Waals surface area contributed by atoms with E-state index in [9.17, 15) is 0 Å². The van der Waals surface area contributed by atoms with E-state index >= 15 is 0 Å². The number of hydrogen-bond donors (Lipinski definition) is 0. The Morgan fingerprint density at radius 2 is 1.08 bits per heavy atom. The van der Waals surface area contributed by atoms with Crippen molar-refractivity contribution < 1.29 is 0 Å². The van der Waals surface area contributed by atoms with E-state index in [0.29, 0.717) is 0 Å². The van der Waals surface area contributed by atoms with Crippen LogP contribution in [0.1, 0.15) is 133 Å². The molecule has 3 aromatic rings. The van der Waals surface area contributed by atoms with E-state index in [2.05, 4.69) is 192 Å². The molecule has 3 aromatic carbocycles. The molecule has 0 saturated carbocycles. The van der Waals surface area contributed by atoms with Gasteiger partial charge < -0.3 is 0 Å². The molecule has 0 unspecified atom stereocenters. The lowest BCUT2D eigenvalue weighted by Gasteiger charge is -2.19. The molecule has 0 amide bonds. The molecule has 0 aromatic heterocycles. The first-order chi connectivity index (χ1) is 23.8. The average Bonchev–Trinajstić information content (AvgIpc) is 3.38. The molecule has 3 aliphatic rings. The van der Waals surface area contributed by atoms with Gasteiger partial charge in [0.1, 0.15) is 0 Å². The van der Waals surface area contributed by atoms with Crippen molar-refractivity contribution in [2.45, 2.75) is 99.3 Å². The number of benzene rings is 2. The molecule has 0 spiro atoms. The maximum absolute atomic E-state index is 3.40. The van der Waals surface area contributed by atoms with Crippen molar-refractivity contribution in [3.63, 3.8) is 0 Å². The van der Waals surface area contributed by atoms with Crippen LogP contribution in [0.3, 0.4) is 0 Å². The Morgan fingerprint density at radius 1 is 0.510 bits per heavy atom. The highest BCUT2D eigenvalue weighted by atomic mass is 14.4. The quantitative estimate of drug-likeness (QED) is 0.130. The fraction of sp³-hybridized carbons (Fsp3) is 0.314. The molecule has 0 aliphatic heterocycles. The van der Waals surface area contributed by atoms with Crippen molar-refractivity contribution in [2.24, 2.45) is 5.41 Å². The Bertz CT molecular complexity index is 2180. The molecule has 0 atom stereocenters. The lowest BCUT2D eigenvalue weighted by atomic mass is 9.83. The number of fused-ring (bicyclic) bond motifs is 2. The lowest BCUT2D eigenvalue weighted by Crippen LogP contribution is -2.10. The summed E-state index contributed by atoms with van der Waals surface area (Å²) in [7, 11) is 0. The van der Waals surface area contributed by atoms with Crippen LogP contribution < -0.4 is 0 Å². The number of allylic oxidation sites excluding steroid dienone is 3. The van der Waals surface area contributed by atoms with Gasteiger partial charge in [-0.25, -0.2) is 0 Å². The summed E-state index contributed by atoms with van der Waals surface area (Å²) in [5, 5.41) is 0. The molecule has 0 fully saturated rings. The molecule has 258 valence electrons. The van der Waals surface area contributed by atoms with Crippen LogP contribution in [0.25, 0.3) is 27.8 Å². The molecule has 51 heavy (non-hydrogen) atoms. The molecule has 0 bridgehead atoms. The minimum Gasteiger partial charge on any atom is -0.0622 e. The van der Waals surface area contributed by atoms with Crippen molar-refractivity contribution in [2.75, 3.05) is 0 Å². The van der Waals surface area contributed by atoms with E-state index in [1.54, 1.807) is 0 Å². The van der Waals surface area contributed by atoms with Gasteiger partial charge in [0, 0.05) is 34.2 Å². The van der Waals surface area contributed by atoms with Crippen molar-refractivity contribution in [1.29, 1.82) is 0 Å². The van der Waals surface area contributed by atoms with Gasteiger partial charge in [-0.05, 0) is 118 Å². The van der Waals surface area contributed by atoms with Crippen molar-refractivity contribution in [3.05, 3.63) is 165 Å². The summed E-state index contributed by atoms with van der Waals surface area (Å²) in [6, 6.07) is 40.5. The molecule has 3 aliphatic carbocycles. The van der Waals surface area contributed by atoms with Crippen molar-refractivity contribution in [3.8, 4) is 23.0 Å². The third-order valence-corrected chi connectivity index (χ3v) is 10.2. The van der Waals surface area contributed by atoms with Gasteiger partial charge in [-0.3, -0.25) is 0 Å². The van der Waals surface area contributed by atoms with Gasteiger partial charge in [0.2, 0.25) is 0 Å². The maximum atomic E-state index is 3.40. The molecule has 6 rings (SSSR count). The summed E-state index contributed by atoms with van der Waals surface area (Å²) in [6.07, 6.45) is 2.49. The summed E-state index contributed by atoms with van der Waals surface area (Å²) in [5.74, 6) is 6.75. The van der Waals surface area contributed by atoms with E-state index in [0.717, 1.165) is 11.1 Å². The van der Waals surface area contributed by atoms with E-state index in [1.807, 2.05) is 18.2 Å². The molecule has 0 nitrogen and oxygen atoms in total. The van der Waals surface area contributed by atoms with E-state index in [1.165, 1.54) is 66.8 Å². The Kier molecular flexibility index (Phi) is 9.27. The Morgan fingerprint density at radius 3 is 1.63 bits per heavy atom. The molecular weight excluding hydrogens is 613 g/mol. The smallest absolute Gasteiger partial charge is 0.0582 e. The molecule has 0 saturated heterocycles. The monoisotopic (exact) mass is 667 g/mol. The summed E-state index contributed by atoms with van der Waals surface area (Å²) in [4.78, 5) is 0. The largest absolute Gasteiger partial charge is 0.0622 e. The molecular formula is C51H55+. The van der Waals surface area contributed by atoms with Crippen LogP contribution in [0.15, 0.2) is 115 Å². The third-order valence-electron chi connectivity index (χ3n) is 10.2. The molecule has 0 radical (unpaired) electrons. The predicted molar refractivity (Wildman–Crippen MR) is 222 cm³/mol. The van der Waals surface area contributed by atoms with Gasteiger partial charge in [0.15, 0.2) is 0 Å². The van der Waals surface area contributed by atoms with Crippen LogP contribution >= 0.6 is 0 Å². The van der Waals surface area contributed by atoms with E-state index in [-0.39, 0.29) is 21.7 Å². The highest BCUT2D eigenvalue weighted by molar-refractivity contribution is 6.12. The molecule has 0 heterocycles. The minimum absolute atomic E-state index is 0.0343. The van der Waals surface area contributed by atoms with Crippen LogP contribution in [0, 0.1) is 17.3 Å². The van der Waals surface area contributed by atoms with Gasteiger partial charge in [-0.2, -0.15) is 0 Å². The zero-order chi connectivity index (χ0) is 36.9. The fourth-order valence-electron chi connectivity index (χ4n) is 7.20. The summed E-state index contributed by atoms with van der Waals surface area (Å²) in [6.45, 7) is 27.8. The zero-order valence-corrected chi connectivity index (χ0v) is 33.0. The van der Waals surface area contributed by atoms with Crippen molar-refractivity contribution in [1.82, 2.24) is 0 Å². The van der Waals surface area contributed by atoms with Crippen LogP contribution in [-0.4, -0.2) is 0 Å². The van der Waals surface area contributed by atoms with Crippen LogP contribution in [0.2, 0.25) is 0 Å². The second kappa shape index (κ2) is 13.1. The highest BCUT2D eigenvalue weighted by Crippen LogP contribution is 2.51. The normalized spacial score (nSPS) is 14.5. The fourth-order valence-corrected chi connectivity index (χ4v) is 7.20. The lowest BCUT2D eigenvalue weighted by molar-refractivity contribution is 0.568. The van der Waals surface area contributed by atoms with Crippen LogP contribution in [0.4, 0.5) is 0 Å². The van der Waals surface area contributed by atoms with Gasteiger partial charge >= 0.3 is 0 Å². The number of rotatable bonds is 2. The summed E-state index contributed by atoms with van der Waals surface area (Å²) in [5.41, 5.74) is 17.7. The predicted octanol–water partition coefficient (Wildman–Crippen LogP) is 13.8. The Labute approximate surface area is 308 Å². The topological polar surface area (TPSA) is 0 Å². The minimum atomic E-state index is -0.0343. The molecule has 0 N–H and O–H groups in total. The first-order valence-electron chi connectivity index (χ1n) is 18.5. The van der Waals surface area contributed by atoms with Gasteiger partial charge in [-0.15, -0.1) is 0 Å². The maximum Gasteiger partial charge on any atom is 0.0582 e.